The molecule has 0 N–H and O–H groups in total. The number of ether oxygens (including phenoxy) is 2. The van der Waals surface area contributed by atoms with Crippen LogP contribution in [0.25, 0.3) is 6.08 Å². The van der Waals surface area contributed by atoms with Crippen LogP contribution in [-0.2, 0) is 4.79 Å². The lowest BCUT2D eigenvalue weighted by atomic mass is 10.1. The highest BCUT2D eigenvalue weighted by molar-refractivity contribution is 8.26. The smallest absolute Gasteiger partial charge is 0.266 e. The van der Waals surface area contributed by atoms with Gasteiger partial charge in [0, 0.05) is 12.1 Å². The summed E-state index contributed by atoms with van der Waals surface area (Å²) in [4.78, 5) is 14.5. The van der Waals surface area contributed by atoms with E-state index in [2.05, 4.69) is 6.58 Å². The summed E-state index contributed by atoms with van der Waals surface area (Å²) in [5.74, 6) is 1.35. The Morgan fingerprint density at radius 1 is 1.52 bits per heavy atom. The lowest BCUT2D eigenvalue weighted by molar-refractivity contribution is -0.121. The quantitative estimate of drug-likeness (QED) is 0.475. The molecule has 23 heavy (non-hydrogen) atoms. The fraction of sp³-hybridized carbons (Fsp3) is 0.176. The van der Waals surface area contributed by atoms with Gasteiger partial charge in [-0.05, 0) is 23.8 Å². The lowest BCUT2D eigenvalue weighted by Gasteiger charge is -2.18. The van der Waals surface area contributed by atoms with E-state index < -0.39 is 0 Å². The predicted octanol–water partition coefficient (Wildman–Crippen LogP) is 3.40. The molecule has 2 heterocycles. The monoisotopic (exact) mass is 345 g/mol. The molecule has 6 heteroatoms. The van der Waals surface area contributed by atoms with E-state index in [1.54, 1.807) is 18.1 Å². The molecule has 3 rings (SSSR count). The summed E-state index contributed by atoms with van der Waals surface area (Å²) in [6.07, 6.45) is 5.51. The van der Waals surface area contributed by atoms with Crippen molar-refractivity contribution >= 4 is 40.3 Å². The molecule has 0 aliphatic carbocycles. The van der Waals surface area contributed by atoms with Gasteiger partial charge in [-0.3, -0.25) is 9.69 Å². The van der Waals surface area contributed by atoms with E-state index in [1.807, 2.05) is 30.4 Å². The number of benzene rings is 1. The molecule has 118 valence electrons. The van der Waals surface area contributed by atoms with Crippen molar-refractivity contribution in [2.45, 2.75) is 0 Å². The topological polar surface area (TPSA) is 38.8 Å². The van der Waals surface area contributed by atoms with Crippen molar-refractivity contribution in [2.75, 3.05) is 20.3 Å². The Morgan fingerprint density at radius 2 is 2.35 bits per heavy atom. The van der Waals surface area contributed by atoms with E-state index in [-0.39, 0.29) is 5.91 Å². The molecule has 1 aromatic carbocycles. The van der Waals surface area contributed by atoms with E-state index in [4.69, 9.17) is 21.7 Å². The van der Waals surface area contributed by atoms with Crippen LogP contribution in [0.1, 0.15) is 5.56 Å². The molecular formula is C17H15NO3S2. The Labute approximate surface area is 144 Å². The number of rotatable bonds is 4. The second-order valence-electron chi connectivity index (χ2n) is 4.97. The molecule has 2 aliphatic heterocycles. The van der Waals surface area contributed by atoms with Crippen LogP contribution in [0.3, 0.4) is 0 Å². The predicted molar refractivity (Wildman–Crippen MR) is 96.6 cm³/mol. The second kappa shape index (κ2) is 6.60. The van der Waals surface area contributed by atoms with E-state index in [0.29, 0.717) is 28.1 Å². The van der Waals surface area contributed by atoms with Crippen LogP contribution in [0.2, 0.25) is 0 Å². The van der Waals surface area contributed by atoms with Gasteiger partial charge in [0.2, 0.25) is 0 Å². The van der Waals surface area contributed by atoms with Gasteiger partial charge in [-0.25, -0.2) is 0 Å². The van der Waals surface area contributed by atoms with Crippen LogP contribution in [-0.4, -0.2) is 35.4 Å². The van der Waals surface area contributed by atoms with Crippen molar-refractivity contribution in [2.24, 2.45) is 0 Å². The fourth-order valence-corrected chi connectivity index (χ4v) is 3.69. The number of carbonyl (C=O) groups excluding carboxylic acids is 1. The number of fused-ring (bicyclic) bond motifs is 1. The molecule has 0 bridgehead atoms. The molecule has 0 atom stereocenters. The molecule has 1 aromatic rings. The number of nitrogens with zero attached hydrogens (tertiary/aromatic N) is 1. The van der Waals surface area contributed by atoms with Gasteiger partial charge in [-0.2, -0.15) is 0 Å². The number of hydrogen-bond donors (Lipinski definition) is 0. The van der Waals surface area contributed by atoms with Crippen molar-refractivity contribution < 1.29 is 14.3 Å². The van der Waals surface area contributed by atoms with Crippen molar-refractivity contribution in [3.05, 3.63) is 53.0 Å². The Balaban J connectivity index is 1.89. The van der Waals surface area contributed by atoms with Gasteiger partial charge in [0.05, 0.1) is 12.0 Å². The molecule has 4 nitrogen and oxygen atoms in total. The van der Waals surface area contributed by atoms with Crippen molar-refractivity contribution in [1.82, 2.24) is 4.90 Å². The summed E-state index contributed by atoms with van der Waals surface area (Å²) in [6.45, 7) is 4.47. The van der Waals surface area contributed by atoms with Crippen LogP contribution < -0.4 is 9.47 Å². The minimum Gasteiger partial charge on any atom is -0.493 e. The average Bonchev–Trinajstić information content (AvgIpc) is 2.82. The maximum absolute atomic E-state index is 12.3. The lowest BCUT2D eigenvalue weighted by Crippen LogP contribution is -2.27. The Bertz CT molecular complexity index is 752. The first-order valence-electron chi connectivity index (χ1n) is 7.00. The van der Waals surface area contributed by atoms with Crippen LogP contribution in [0, 0.1) is 0 Å². The van der Waals surface area contributed by atoms with Crippen LogP contribution in [0.15, 0.2) is 47.4 Å². The van der Waals surface area contributed by atoms with E-state index >= 15 is 0 Å². The highest BCUT2D eigenvalue weighted by Gasteiger charge is 2.31. The van der Waals surface area contributed by atoms with Gasteiger partial charge in [0.1, 0.15) is 10.9 Å². The van der Waals surface area contributed by atoms with Gasteiger partial charge < -0.3 is 9.47 Å². The molecule has 0 saturated carbocycles. The van der Waals surface area contributed by atoms with Crippen LogP contribution in [0.4, 0.5) is 0 Å². The van der Waals surface area contributed by atoms with E-state index in [9.17, 15) is 4.79 Å². The molecule has 0 spiro atoms. The molecular weight excluding hydrogens is 330 g/mol. The van der Waals surface area contributed by atoms with Crippen molar-refractivity contribution in [3.8, 4) is 11.5 Å². The molecule has 1 saturated heterocycles. The molecule has 0 aromatic heterocycles. The maximum Gasteiger partial charge on any atom is 0.266 e. The highest BCUT2D eigenvalue weighted by atomic mass is 32.2. The minimum atomic E-state index is -0.0859. The standard InChI is InChI=1S/C17H15NO3S2/c1-3-7-18-16(19)14(23-17(18)22)9-11-8-12-5-4-6-13(20-2)15(12)21-10-11/h3-6,8-9H,1,7,10H2,2H3/b14-9-. The van der Waals surface area contributed by atoms with Gasteiger partial charge in [0.25, 0.3) is 5.91 Å². The Kier molecular flexibility index (Phi) is 4.54. The highest BCUT2D eigenvalue weighted by Crippen LogP contribution is 2.37. The van der Waals surface area contributed by atoms with Gasteiger partial charge >= 0.3 is 0 Å². The number of para-hydroxylation sites is 1. The first kappa shape index (κ1) is 15.8. The average molecular weight is 345 g/mol. The van der Waals surface area contributed by atoms with Crippen LogP contribution >= 0.6 is 24.0 Å². The maximum atomic E-state index is 12.3. The van der Waals surface area contributed by atoms with Gasteiger partial charge in [-0.15, -0.1) is 6.58 Å². The summed E-state index contributed by atoms with van der Waals surface area (Å²) >= 11 is 6.54. The number of carbonyl (C=O) groups is 1. The number of thiocarbonyl (C=S) groups is 1. The van der Waals surface area contributed by atoms with Crippen molar-refractivity contribution in [1.29, 1.82) is 0 Å². The minimum absolute atomic E-state index is 0.0859. The van der Waals surface area contributed by atoms with E-state index in [1.165, 1.54) is 11.8 Å². The molecule has 2 aliphatic rings. The molecule has 1 amide bonds. The third-order valence-electron chi connectivity index (χ3n) is 3.46. The zero-order valence-corrected chi connectivity index (χ0v) is 14.2. The number of methoxy groups -OCH3 is 1. The molecule has 1 fully saturated rings. The summed E-state index contributed by atoms with van der Waals surface area (Å²) < 4.78 is 11.6. The zero-order valence-electron chi connectivity index (χ0n) is 12.6. The Hall–Kier alpha value is -2.05. The largest absolute Gasteiger partial charge is 0.493 e. The molecule has 0 unspecified atom stereocenters. The third kappa shape index (κ3) is 3.04. The van der Waals surface area contributed by atoms with E-state index in [0.717, 1.165) is 16.9 Å². The van der Waals surface area contributed by atoms with Gasteiger partial charge in [-0.1, -0.05) is 42.2 Å². The zero-order chi connectivity index (χ0) is 16.4. The SMILES string of the molecule is C=CCN1C(=O)/C(=C/C2=Cc3cccc(OC)c3OC2)SC1=S. The number of hydrogen-bond acceptors (Lipinski definition) is 5. The number of thioether (sulfide) groups is 1. The number of amides is 1. The first-order chi connectivity index (χ1) is 11.1. The summed E-state index contributed by atoms with van der Waals surface area (Å²) in [6, 6.07) is 5.72. The Morgan fingerprint density at radius 3 is 3.09 bits per heavy atom. The third-order valence-corrected chi connectivity index (χ3v) is 4.83. The normalized spacial score (nSPS) is 18.6. The summed E-state index contributed by atoms with van der Waals surface area (Å²) in [5, 5.41) is 0. The summed E-state index contributed by atoms with van der Waals surface area (Å²) in [7, 11) is 1.61. The van der Waals surface area contributed by atoms with Gasteiger partial charge in [0.15, 0.2) is 11.5 Å². The second-order valence-corrected chi connectivity index (χ2v) is 6.64. The molecule has 0 radical (unpaired) electrons. The summed E-state index contributed by atoms with van der Waals surface area (Å²) in [5.41, 5.74) is 1.85. The first-order valence-corrected chi connectivity index (χ1v) is 8.23. The van der Waals surface area contributed by atoms with Crippen LogP contribution in [0.5, 0.6) is 11.5 Å². The van der Waals surface area contributed by atoms with Crippen molar-refractivity contribution in [3.63, 3.8) is 0 Å². The fourth-order valence-electron chi connectivity index (χ4n) is 2.40.